The maximum absolute atomic E-state index is 6.00. The van der Waals surface area contributed by atoms with Crippen molar-refractivity contribution in [3.8, 4) is 0 Å². The van der Waals surface area contributed by atoms with Crippen molar-refractivity contribution in [2.75, 3.05) is 38.1 Å². The molecule has 1 heterocycles. The quantitative estimate of drug-likeness (QED) is 0.889. The lowest BCUT2D eigenvalue weighted by Crippen LogP contribution is -2.32. The summed E-state index contributed by atoms with van der Waals surface area (Å²) in [6, 6.07) is 5.96. The SMILES string of the molecule is CN(CCN1CCCC1)c1ccc(Cl)cc1CN. The molecular weight excluding hydrogens is 246 g/mol. The van der Waals surface area contributed by atoms with Crippen molar-refractivity contribution >= 4 is 17.3 Å². The highest BCUT2D eigenvalue weighted by Crippen LogP contribution is 2.23. The minimum Gasteiger partial charge on any atom is -0.373 e. The van der Waals surface area contributed by atoms with Crippen LogP contribution in [-0.4, -0.2) is 38.1 Å². The summed E-state index contributed by atoms with van der Waals surface area (Å²) >= 11 is 6.00. The first-order valence-corrected chi connectivity index (χ1v) is 7.00. The second-order valence-corrected chi connectivity index (χ2v) is 5.38. The topological polar surface area (TPSA) is 32.5 Å². The lowest BCUT2D eigenvalue weighted by Gasteiger charge is -2.25. The molecule has 0 spiro atoms. The first-order chi connectivity index (χ1) is 8.70. The summed E-state index contributed by atoms with van der Waals surface area (Å²) in [4.78, 5) is 4.80. The molecule has 2 rings (SSSR count). The van der Waals surface area contributed by atoms with Crippen molar-refractivity contribution in [2.45, 2.75) is 19.4 Å². The number of likely N-dealkylation sites (tertiary alicyclic amines) is 1. The third-order valence-corrected chi connectivity index (χ3v) is 3.86. The van der Waals surface area contributed by atoms with Crippen LogP contribution >= 0.6 is 11.6 Å². The molecule has 4 heteroatoms. The summed E-state index contributed by atoms with van der Waals surface area (Å²) < 4.78 is 0. The normalized spacial score (nSPS) is 16.2. The molecule has 1 aromatic rings. The van der Waals surface area contributed by atoms with Gasteiger partial charge in [-0.15, -0.1) is 0 Å². The fourth-order valence-corrected chi connectivity index (χ4v) is 2.70. The van der Waals surface area contributed by atoms with Crippen LogP contribution in [0, 0.1) is 0 Å². The van der Waals surface area contributed by atoms with E-state index in [0.717, 1.165) is 23.7 Å². The highest BCUT2D eigenvalue weighted by molar-refractivity contribution is 6.30. The van der Waals surface area contributed by atoms with Crippen LogP contribution in [0.1, 0.15) is 18.4 Å². The molecule has 0 atom stereocenters. The van der Waals surface area contributed by atoms with E-state index in [9.17, 15) is 0 Å². The van der Waals surface area contributed by atoms with Crippen molar-refractivity contribution in [1.29, 1.82) is 0 Å². The van der Waals surface area contributed by atoms with Gasteiger partial charge in [0, 0.05) is 37.4 Å². The number of benzene rings is 1. The van der Waals surface area contributed by atoms with Crippen molar-refractivity contribution in [2.24, 2.45) is 5.73 Å². The predicted molar refractivity (Wildman–Crippen MR) is 78.3 cm³/mol. The Morgan fingerprint density at radius 2 is 2.06 bits per heavy atom. The first kappa shape index (κ1) is 13.7. The Hall–Kier alpha value is -0.770. The van der Waals surface area contributed by atoms with E-state index in [0.29, 0.717) is 6.54 Å². The van der Waals surface area contributed by atoms with Crippen molar-refractivity contribution < 1.29 is 0 Å². The van der Waals surface area contributed by atoms with Gasteiger partial charge in [0.05, 0.1) is 0 Å². The molecule has 1 aliphatic heterocycles. The Morgan fingerprint density at radius 3 is 2.72 bits per heavy atom. The Labute approximate surface area is 115 Å². The van der Waals surface area contributed by atoms with Gasteiger partial charge in [-0.05, 0) is 49.7 Å². The highest BCUT2D eigenvalue weighted by Gasteiger charge is 2.13. The van der Waals surface area contributed by atoms with Gasteiger partial charge in [0.15, 0.2) is 0 Å². The zero-order valence-electron chi connectivity index (χ0n) is 11.0. The lowest BCUT2D eigenvalue weighted by atomic mass is 10.1. The molecule has 1 saturated heterocycles. The molecule has 0 amide bonds. The van der Waals surface area contributed by atoms with Crippen LogP contribution < -0.4 is 10.6 Å². The minimum absolute atomic E-state index is 0.532. The van der Waals surface area contributed by atoms with Gasteiger partial charge in [0.2, 0.25) is 0 Å². The molecule has 3 nitrogen and oxygen atoms in total. The lowest BCUT2D eigenvalue weighted by molar-refractivity contribution is 0.346. The van der Waals surface area contributed by atoms with E-state index in [1.165, 1.54) is 31.6 Å². The minimum atomic E-state index is 0.532. The van der Waals surface area contributed by atoms with Crippen molar-refractivity contribution in [3.05, 3.63) is 28.8 Å². The molecule has 18 heavy (non-hydrogen) atoms. The molecule has 2 N–H and O–H groups in total. The van der Waals surface area contributed by atoms with Crippen LogP contribution in [0.25, 0.3) is 0 Å². The van der Waals surface area contributed by atoms with Gasteiger partial charge in [-0.2, -0.15) is 0 Å². The van der Waals surface area contributed by atoms with Crippen LogP contribution in [0.2, 0.25) is 5.02 Å². The number of nitrogens with two attached hydrogens (primary N) is 1. The maximum Gasteiger partial charge on any atom is 0.0410 e. The molecule has 1 aliphatic rings. The zero-order chi connectivity index (χ0) is 13.0. The van der Waals surface area contributed by atoms with Gasteiger partial charge in [-0.3, -0.25) is 0 Å². The molecule has 0 aromatic heterocycles. The summed E-state index contributed by atoms with van der Waals surface area (Å²) in [5.41, 5.74) is 8.09. The molecule has 0 aliphatic carbocycles. The average Bonchev–Trinajstić information content (AvgIpc) is 2.88. The van der Waals surface area contributed by atoms with Crippen LogP contribution in [0.15, 0.2) is 18.2 Å². The van der Waals surface area contributed by atoms with Crippen LogP contribution in [0.5, 0.6) is 0 Å². The standard InChI is InChI=1S/C14H22ClN3/c1-17(8-9-18-6-2-3-7-18)14-5-4-13(15)10-12(14)11-16/h4-5,10H,2-3,6-9,11,16H2,1H3. The molecule has 0 radical (unpaired) electrons. The summed E-state index contributed by atoms with van der Waals surface area (Å²) in [5.74, 6) is 0. The van der Waals surface area contributed by atoms with E-state index in [-0.39, 0.29) is 0 Å². The Bertz CT molecular complexity index is 389. The van der Waals surface area contributed by atoms with E-state index < -0.39 is 0 Å². The van der Waals surface area contributed by atoms with Crippen molar-refractivity contribution in [1.82, 2.24) is 4.90 Å². The molecule has 1 fully saturated rings. The highest BCUT2D eigenvalue weighted by atomic mass is 35.5. The van der Waals surface area contributed by atoms with Gasteiger partial charge in [0.25, 0.3) is 0 Å². The van der Waals surface area contributed by atoms with Gasteiger partial charge >= 0.3 is 0 Å². The number of hydrogen-bond acceptors (Lipinski definition) is 3. The fourth-order valence-electron chi connectivity index (χ4n) is 2.51. The Kier molecular flexibility index (Phi) is 4.87. The van der Waals surface area contributed by atoms with Crippen LogP contribution in [0.3, 0.4) is 0 Å². The molecule has 0 unspecified atom stereocenters. The number of anilines is 1. The maximum atomic E-state index is 6.00. The van der Waals surface area contributed by atoms with Crippen molar-refractivity contribution in [3.63, 3.8) is 0 Å². The number of rotatable bonds is 5. The Morgan fingerprint density at radius 1 is 1.33 bits per heavy atom. The predicted octanol–water partition coefficient (Wildman–Crippen LogP) is 2.33. The first-order valence-electron chi connectivity index (χ1n) is 6.62. The van der Waals surface area contributed by atoms with Crippen LogP contribution in [0.4, 0.5) is 5.69 Å². The number of halogens is 1. The summed E-state index contributed by atoms with van der Waals surface area (Å²) in [7, 11) is 2.12. The number of likely N-dealkylation sites (N-methyl/N-ethyl adjacent to an activating group) is 1. The molecule has 100 valence electrons. The van der Waals surface area contributed by atoms with E-state index in [1.54, 1.807) is 0 Å². The molecule has 0 bridgehead atoms. The van der Waals surface area contributed by atoms with E-state index in [2.05, 4.69) is 22.9 Å². The number of hydrogen-bond donors (Lipinski definition) is 1. The second-order valence-electron chi connectivity index (χ2n) is 4.95. The third kappa shape index (κ3) is 3.37. The fraction of sp³-hybridized carbons (Fsp3) is 0.571. The second kappa shape index (κ2) is 6.41. The van der Waals surface area contributed by atoms with Gasteiger partial charge in [-0.25, -0.2) is 0 Å². The number of nitrogens with zero attached hydrogens (tertiary/aromatic N) is 2. The third-order valence-electron chi connectivity index (χ3n) is 3.62. The summed E-state index contributed by atoms with van der Waals surface area (Å²) in [6.07, 6.45) is 2.69. The van der Waals surface area contributed by atoms with E-state index >= 15 is 0 Å². The molecule has 0 saturated carbocycles. The van der Waals surface area contributed by atoms with E-state index in [4.69, 9.17) is 17.3 Å². The largest absolute Gasteiger partial charge is 0.373 e. The van der Waals surface area contributed by atoms with Crippen LogP contribution in [-0.2, 0) is 6.54 Å². The van der Waals surface area contributed by atoms with Gasteiger partial charge in [0.1, 0.15) is 0 Å². The summed E-state index contributed by atoms with van der Waals surface area (Å²) in [5, 5.41) is 0.757. The monoisotopic (exact) mass is 267 g/mol. The van der Waals surface area contributed by atoms with Gasteiger partial charge < -0.3 is 15.5 Å². The summed E-state index contributed by atoms with van der Waals surface area (Å²) in [6.45, 7) is 5.19. The average molecular weight is 268 g/mol. The molecular formula is C14H22ClN3. The van der Waals surface area contributed by atoms with Gasteiger partial charge in [-0.1, -0.05) is 11.6 Å². The Balaban J connectivity index is 1.96. The van der Waals surface area contributed by atoms with E-state index in [1.807, 2.05) is 12.1 Å². The zero-order valence-corrected chi connectivity index (χ0v) is 11.8. The smallest absolute Gasteiger partial charge is 0.0410 e. The molecule has 1 aromatic carbocycles.